The predicted octanol–water partition coefficient (Wildman–Crippen LogP) is 4.51. The quantitative estimate of drug-likeness (QED) is 0.464. The lowest BCUT2D eigenvalue weighted by Gasteiger charge is -2.10. The molecule has 0 fully saturated rings. The summed E-state index contributed by atoms with van der Waals surface area (Å²) in [6.45, 7) is 5.40. The third-order valence-electron chi connectivity index (χ3n) is 4.14. The number of halogens is 3. The minimum Gasteiger partial charge on any atom is -0.459 e. The molecule has 0 aliphatic carbocycles. The summed E-state index contributed by atoms with van der Waals surface area (Å²) in [7, 11) is 0. The molecular formula is C19H21F3N4OS. The summed E-state index contributed by atoms with van der Waals surface area (Å²) < 4.78 is 43.7. The Morgan fingerprint density at radius 1 is 1.25 bits per heavy atom. The summed E-state index contributed by atoms with van der Waals surface area (Å²) in [5.74, 6) is 1.36. The minimum absolute atomic E-state index is 0.366. The van der Waals surface area contributed by atoms with Crippen molar-refractivity contribution >= 4 is 28.3 Å². The van der Waals surface area contributed by atoms with Gasteiger partial charge in [-0.1, -0.05) is 18.2 Å². The molecule has 3 rings (SSSR count). The first-order valence-corrected chi connectivity index (χ1v) is 9.77. The van der Waals surface area contributed by atoms with E-state index in [1.807, 2.05) is 38.1 Å². The van der Waals surface area contributed by atoms with Crippen LogP contribution in [-0.4, -0.2) is 24.0 Å². The van der Waals surface area contributed by atoms with Crippen LogP contribution in [0.1, 0.15) is 28.9 Å². The van der Waals surface area contributed by atoms with Gasteiger partial charge in [-0.3, -0.25) is 0 Å². The first kappa shape index (κ1) is 20.2. The molecule has 3 aromatic rings. The van der Waals surface area contributed by atoms with E-state index in [0.29, 0.717) is 37.0 Å². The van der Waals surface area contributed by atoms with Gasteiger partial charge in [-0.15, -0.1) is 11.3 Å². The summed E-state index contributed by atoms with van der Waals surface area (Å²) in [5, 5.41) is 8.78. The van der Waals surface area contributed by atoms with Crippen LogP contribution >= 0.6 is 11.3 Å². The van der Waals surface area contributed by atoms with Crippen LogP contribution in [0.5, 0.6) is 0 Å². The number of hydrogen-bond acceptors (Lipinski definition) is 4. The fourth-order valence-electron chi connectivity index (χ4n) is 2.71. The second kappa shape index (κ2) is 8.64. The molecule has 28 heavy (non-hydrogen) atoms. The largest absolute Gasteiger partial charge is 0.459 e. The van der Waals surface area contributed by atoms with E-state index in [1.165, 1.54) is 0 Å². The van der Waals surface area contributed by atoms with Gasteiger partial charge in [-0.05, 0) is 19.9 Å². The van der Waals surface area contributed by atoms with Gasteiger partial charge < -0.3 is 15.1 Å². The van der Waals surface area contributed by atoms with Crippen molar-refractivity contribution in [2.45, 2.75) is 33.0 Å². The summed E-state index contributed by atoms with van der Waals surface area (Å²) in [6, 6.07) is 7.81. The monoisotopic (exact) mass is 410 g/mol. The van der Waals surface area contributed by atoms with E-state index in [0.717, 1.165) is 39.0 Å². The van der Waals surface area contributed by atoms with Crippen molar-refractivity contribution < 1.29 is 17.6 Å². The summed E-state index contributed by atoms with van der Waals surface area (Å²) in [6.07, 6.45) is -4.02. The number of nitrogens with zero attached hydrogens (tertiary/aromatic N) is 2. The van der Waals surface area contributed by atoms with Crippen LogP contribution in [0.25, 0.3) is 11.0 Å². The van der Waals surface area contributed by atoms with Crippen LogP contribution in [0.4, 0.5) is 13.2 Å². The van der Waals surface area contributed by atoms with E-state index in [-0.39, 0.29) is 0 Å². The van der Waals surface area contributed by atoms with Gasteiger partial charge in [-0.2, -0.15) is 13.2 Å². The van der Waals surface area contributed by atoms with Crippen LogP contribution in [-0.2, 0) is 19.1 Å². The van der Waals surface area contributed by atoms with E-state index in [9.17, 15) is 13.2 Å². The van der Waals surface area contributed by atoms with E-state index >= 15 is 0 Å². The number of alkyl halides is 3. The number of nitrogens with one attached hydrogen (secondary N) is 2. The molecule has 0 aliphatic heterocycles. The van der Waals surface area contributed by atoms with Crippen LogP contribution in [0.2, 0.25) is 0 Å². The molecule has 0 bridgehead atoms. The van der Waals surface area contributed by atoms with Crippen LogP contribution < -0.4 is 10.6 Å². The fourth-order valence-corrected chi connectivity index (χ4v) is 3.52. The van der Waals surface area contributed by atoms with Crippen LogP contribution in [0.15, 0.2) is 39.1 Å². The molecular weight excluding hydrogens is 389 g/mol. The number of thiazole rings is 1. The molecule has 0 amide bonds. The van der Waals surface area contributed by atoms with E-state index in [4.69, 9.17) is 4.42 Å². The van der Waals surface area contributed by atoms with Crippen molar-refractivity contribution in [3.05, 3.63) is 51.7 Å². The van der Waals surface area contributed by atoms with E-state index in [2.05, 4.69) is 20.6 Å². The number of guanidine groups is 1. The molecule has 2 N–H and O–H groups in total. The van der Waals surface area contributed by atoms with Crippen LogP contribution in [0, 0.1) is 6.92 Å². The number of fused-ring (bicyclic) bond motifs is 1. The van der Waals surface area contributed by atoms with Crippen LogP contribution in [0.3, 0.4) is 0 Å². The lowest BCUT2D eigenvalue weighted by atomic mass is 10.1. The van der Waals surface area contributed by atoms with Gasteiger partial charge in [0.25, 0.3) is 0 Å². The van der Waals surface area contributed by atoms with Crippen molar-refractivity contribution in [1.82, 2.24) is 15.6 Å². The normalized spacial score (nSPS) is 12.5. The van der Waals surface area contributed by atoms with Gasteiger partial charge in [-0.25, -0.2) is 9.98 Å². The Labute approximate surface area is 164 Å². The first-order valence-electron chi connectivity index (χ1n) is 8.89. The second-order valence-corrected chi connectivity index (χ2v) is 7.09. The third kappa shape index (κ3) is 4.83. The average molecular weight is 410 g/mol. The van der Waals surface area contributed by atoms with Gasteiger partial charge in [0.2, 0.25) is 0 Å². The molecule has 2 aromatic heterocycles. The molecule has 0 atom stereocenters. The van der Waals surface area contributed by atoms with Crippen molar-refractivity contribution in [2.75, 3.05) is 13.1 Å². The maximum Gasteiger partial charge on any atom is 0.434 e. The number of rotatable bonds is 6. The molecule has 150 valence electrons. The predicted molar refractivity (Wildman–Crippen MR) is 105 cm³/mol. The zero-order valence-electron chi connectivity index (χ0n) is 15.6. The third-order valence-corrected chi connectivity index (χ3v) is 5.05. The number of aromatic nitrogens is 1. The molecule has 0 radical (unpaired) electrons. The minimum atomic E-state index is -4.40. The van der Waals surface area contributed by atoms with Gasteiger partial charge in [0.1, 0.15) is 17.9 Å². The lowest BCUT2D eigenvalue weighted by Crippen LogP contribution is -2.38. The van der Waals surface area contributed by atoms with Gasteiger partial charge >= 0.3 is 6.18 Å². The number of para-hydroxylation sites is 1. The first-order chi connectivity index (χ1) is 13.4. The molecule has 9 heteroatoms. The Morgan fingerprint density at radius 2 is 2.04 bits per heavy atom. The molecule has 0 saturated heterocycles. The van der Waals surface area contributed by atoms with E-state index < -0.39 is 11.9 Å². The molecule has 1 aromatic carbocycles. The topological polar surface area (TPSA) is 62.5 Å². The molecule has 0 aliphatic rings. The second-order valence-electron chi connectivity index (χ2n) is 6.14. The fraction of sp³-hybridized carbons (Fsp3) is 0.368. The van der Waals surface area contributed by atoms with Gasteiger partial charge in [0, 0.05) is 35.8 Å². The molecule has 2 heterocycles. The number of benzene rings is 1. The smallest absolute Gasteiger partial charge is 0.434 e. The van der Waals surface area contributed by atoms with E-state index in [1.54, 1.807) is 0 Å². The number of furan rings is 1. The highest BCUT2D eigenvalue weighted by Crippen LogP contribution is 2.30. The van der Waals surface area contributed by atoms with Crippen molar-refractivity contribution in [3.8, 4) is 0 Å². The molecule has 0 saturated carbocycles. The lowest BCUT2D eigenvalue weighted by molar-refractivity contribution is -0.140. The Kier molecular flexibility index (Phi) is 6.23. The van der Waals surface area contributed by atoms with Gasteiger partial charge in [0.15, 0.2) is 11.7 Å². The molecule has 5 nitrogen and oxygen atoms in total. The summed E-state index contributed by atoms with van der Waals surface area (Å²) in [4.78, 5) is 8.15. The summed E-state index contributed by atoms with van der Waals surface area (Å²) >= 11 is 1.01. The maximum atomic E-state index is 12.6. The molecule has 0 spiro atoms. The SMILES string of the molecule is CCNC(=NCc1oc2ccccc2c1C)NCCc1nc(C(F)(F)F)cs1. The highest BCUT2D eigenvalue weighted by molar-refractivity contribution is 7.09. The standard InChI is InChI=1S/C19H21F3N4OS/c1-3-23-18(24-9-8-17-26-16(11-28-17)19(20,21)22)25-10-15-12(2)13-6-4-5-7-14(13)27-15/h4-7,11H,3,8-10H2,1-2H3,(H2,23,24,25). The number of aryl methyl sites for hydroxylation is 1. The zero-order chi connectivity index (χ0) is 20.1. The zero-order valence-corrected chi connectivity index (χ0v) is 16.4. The van der Waals surface area contributed by atoms with Crippen molar-refractivity contribution in [2.24, 2.45) is 4.99 Å². The van der Waals surface area contributed by atoms with Crippen molar-refractivity contribution in [3.63, 3.8) is 0 Å². The highest BCUT2D eigenvalue weighted by atomic mass is 32.1. The summed E-state index contributed by atoms with van der Waals surface area (Å²) in [5.41, 5.74) is 1.04. The average Bonchev–Trinajstić information content (AvgIpc) is 3.25. The highest BCUT2D eigenvalue weighted by Gasteiger charge is 2.33. The Morgan fingerprint density at radius 3 is 2.71 bits per heavy atom. The Hall–Kier alpha value is -2.55. The Bertz CT molecular complexity index is 962. The van der Waals surface area contributed by atoms with Gasteiger partial charge in [0.05, 0.1) is 5.01 Å². The van der Waals surface area contributed by atoms with Crippen molar-refractivity contribution in [1.29, 1.82) is 0 Å². The molecule has 0 unspecified atom stereocenters. The number of aliphatic imine (C=N–C) groups is 1. The number of hydrogen-bond donors (Lipinski definition) is 2. The maximum absolute atomic E-state index is 12.6. The Balaban J connectivity index is 1.61.